The third kappa shape index (κ3) is 4.38. The summed E-state index contributed by atoms with van der Waals surface area (Å²) in [6, 6.07) is 1.57. The lowest BCUT2D eigenvalue weighted by atomic mass is 9.99. The maximum atomic E-state index is 13.4. The number of nitrogens with zero attached hydrogens (tertiary/aromatic N) is 5. The molecule has 0 bridgehead atoms. The third-order valence-corrected chi connectivity index (χ3v) is 5.90. The van der Waals surface area contributed by atoms with Crippen LogP contribution in [0, 0.1) is 0 Å². The molecule has 0 N–H and O–H groups in total. The Bertz CT molecular complexity index is 824. The maximum absolute atomic E-state index is 13.4. The van der Waals surface area contributed by atoms with Crippen LogP contribution in [0.25, 0.3) is 0 Å². The van der Waals surface area contributed by atoms with E-state index in [1.165, 1.54) is 19.3 Å². The summed E-state index contributed by atoms with van der Waals surface area (Å²) in [7, 11) is 1.89. The van der Waals surface area contributed by atoms with E-state index < -0.39 is 0 Å². The fraction of sp³-hybridized carbons (Fsp3) is 0.667. The molecule has 0 saturated carbocycles. The van der Waals surface area contributed by atoms with E-state index in [-0.39, 0.29) is 24.0 Å². The van der Waals surface area contributed by atoms with Gasteiger partial charge in [-0.25, -0.2) is 0 Å². The smallest absolute Gasteiger partial charge is 0.293 e. The zero-order chi connectivity index (χ0) is 20.4. The molecule has 1 amide bonds. The Balaban J connectivity index is 1.60. The zero-order valence-corrected chi connectivity index (χ0v) is 17.6. The van der Waals surface area contributed by atoms with E-state index in [1.54, 1.807) is 10.7 Å². The second-order valence-corrected chi connectivity index (χ2v) is 8.43. The van der Waals surface area contributed by atoms with Gasteiger partial charge in [-0.3, -0.25) is 9.48 Å². The van der Waals surface area contributed by atoms with Crippen LogP contribution in [-0.4, -0.2) is 69.5 Å². The Kier molecular flexibility index (Phi) is 6.01. The molecule has 0 aliphatic carbocycles. The topological polar surface area (TPSA) is 76.6 Å². The van der Waals surface area contributed by atoms with Gasteiger partial charge in [0.15, 0.2) is 0 Å². The predicted molar refractivity (Wildman–Crippen MR) is 108 cm³/mol. The molecular formula is C21H31N5O3. The van der Waals surface area contributed by atoms with E-state index >= 15 is 0 Å². The van der Waals surface area contributed by atoms with Gasteiger partial charge in [0.25, 0.3) is 5.91 Å². The number of aryl methyl sites for hydroxylation is 1. The van der Waals surface area contributed by atoms with E-state index in [4.69, 9.17) is 9.26 Å². The monoisotopic (exact) mass is 401 g/mol. The fourth-order valence-electron chi connectivity index (χ4n) is 4.30. The Morgan fingerprint density at radius 3 is 2.69 bits per heavy atom. The van der Waals surface area contributed by atoms with E-state index in [0.29, 0.717) is 18.9 Å². The molecule has 2 fully saturated rings. The second kappa shape index (κ2) is 8.67. The number of ether oxygens (including phenoxy) is 1. The van der Waals surface area contributed by atoms with Crippen LogP contribution >= 0.6 is 0 Å². The summed E-state index contributed by atoms with van der Waals surface area (Å²) in [5, 5.41) is 8.41. The fourth-order valence-corrected chi connectivity index (χ4v) is 4.30. The number of carbonyl (C=O) groups excluding carboxylic acids is 1. The molecule has 29 heavy (non-hydrogen) atoms. The summed E-state index contributed by atoms with van der Waals surface area (Å²) in [4.78, 5) is 17.7. The Morgan fingerprint density at radius 1 is 1.24 bits per heavy atom. The summed E-state index contributed by atoms with van der Waals surface area (Å²) >= 11 is 0. The van der Waals surface area contributed by atoms with Gasteiger partial charge < -0.3 is 19.1 Å². The number of carbonyl (C=O) groups is 1. The highest BCUT2D eigenvalue weighted by molar-refractivity contribution is 5.92. The van der Waals surface area contributed by atoms with Crippen molar-refractivity contribution in [3.63, 3.8) is 0 Å². The van der Waals surface area contributed by atoms with Crippen molar-refractivity contribution in [2.45, 2.75) is 51.2 Å². The first-order valence-electron chi connectivity index (χ1n) is 10.6. The molecule has 2 atom stereocenters. The summed E-state index contributed by atoms with van der Waals surface area (Å²) in [5.41, 5.74) is 1.79. The van der Waals surface area contributed by atoms with Crippen molar-refractivity contribution in [2.75, 3.05) is 32.8 Å². The first kappa shape index (κ1) is 20.1. The molecule has 2 aliphatic heterocycles. The quantitative estimate of drug-likeness (QED) is 0.767. The van der Waals surface area contributed by atoms with Gasteiger partial charge in [-0.05, 0) is 31.8 Å². The first-order valence-corrected chi connectivity index (χ1v) is 10.6. The van der Waals surface area contributed by atoms with Crippen LogP contribution in [-0.2, 0) is 11.8 Å². The van der Waals surface area contributed by atoms with E-state index in [2.05, 4.69) is 15.2 Å². The van der Waals surface area contributed by atoms with Crippen LogP contribution in [0.2, 0.25) is 0 Å². The largest absolute Gasteiger partial charge is 0.373 e. The van der Waals surface area contributed by atoms with Crippen LogP contribution < -0.4 is 0 Å². The van der Waals surface area contributed by atoms with Crippen molar-refractivity contribution in [1.82, 2.24) is 24.7 Å². The van der Waals surface area contributed by atoms with Crippen LogP contribution in [0.15, 0.2) is 23.0 Å². The highest BCUT2D eigenvalue weighted by atomic mass is 16.5. The average Bonchev–Trinajstić information content (AvgIpc) is 3.37. The maximum Gasteiger partial charge on any atom is 0.293 e. The lowest BCUT2D eigenvalue weighted by Gasteiger charge is -2.42. The van der Waals surface area contributed by atoms with Gasteiger partial charge in [-0.1, -0.05) is 25.4 Å². The number of hydrogen-bond donors (Lipinski definition) is 0. The van der Waals surface area contributed by atoms with Crippen LogP contribution in [0.4, 0.5) is 0 Å². The number of rotatable bonds is 5. The number of hydrogen-bond acceptors (Lipinski definition) is 6. The SMILES string of the molecule is CC(C)c1cc(C(=O)N2CCO[C@@H](CN3CCCCC3)[C@@H]2c2cnn(C)c2)on1. The summed E-state index contributed by atoms with van der Waals surface area (Å²) in [6.07, 6.45) is 7.46. The van der Waals surface area contributed by atoms with Crippen molar-refractivity contribution in [1.29, 1.82) is 0 Å². The Hall–Kier alpha value is -2.19. The van der Waals surface area contributed by atoms with Crippen LogP contribution in [0.1, 0.15) is 66.9 Å². The normalized spacial score (nSPS) is 23.7. The summed E-state index contributed by atoms with van der Waals surface area (Å²) in [6.45, 7) is 8.11. The van der Waals surface area contributed by atoms with Crippen molar-refractivity contribution in [3.05, 3.63) is 35.5 Å². The number of aromatic nitrogens is 3. The molecule has 0 aromatic carbocycles. The molecule has 158 valence electrons. The molecular weight excluding hydrogens is 370 g/mol. The highest BCUT2D eigenvalue weighted by Gasteiger charge is 2.39. The van der Waals surface area contributed by atoms with Gasteiger partial charge >= 0.3 is 0 Å². The lowest BCUT2D eigenvalue weighted by molar-refractivity contribution is -0.0749. The molecule has 8 heteroatoms. The van der Waals surface area contributed by atoms with Gasteiger partial charge in [0.05, 0.1) is 30.6 Å². The van der Waals surface area contributed by atoms with Gasteiger partial charge in [0.1, 0.15) is 0 Å². The van der Waals surface area contributed by atoms with Gasteiger partial charge in [0, 0.05) is 38.0 Å². The van der Waals surface area contributed by atoms with E-state index in [1.807, 2.05) is 38.2 Å². The van der Waals surface area contributed by atoms with Crippen molar-refractivity contribution in [2.24, 2.45) is 7.05 Å². The standard InChI is InChI=1S/C21H31N5O3/c1-15(2)17-11-18(29-23-17)21(27)26-9-10-28-19(14-25-7-5-4-6-8-25)20(26)16-12-22-24(3)13-16/h11-13,15,19-20H,4-10,14H2,1-3H3/t19-,20-/m0/s1. The third-order valence-electron chi connectivity index (χ3n) is 5.90. The van der Waals surface area contributed by atoms with Crippen LogP contribution in [0.5, 0.6) is 0 Å². The zero-order valence-electron chi connectivity index (χ0n) is 17.6. The average molecular weight is 402 g/mol. The van der Waals surface area contributed by atoms with Crippen molar-refractivity contribution >= 4 is 5.91 Å². The van der Waals surface area contributed by atoms with Gasteiger partial charge in [-0.2, -0.15) is 5.10 Å². The van der Waals surface area contributed by atoms with Gasteiger partial charge in [0.2, 0.25) is 5.76 Å². The molecule has 2 aliphatic rings. The number of amides is 1. The minimum atomic E-state index is -0.195. The minimum absolute atomic E-state index is 0.0949. The Labute approximate surface area is 171 Å². The van der Waals surface area contributed by atoms with E-state index in [9.17, 15) is 4.79 Å². The predicted octanol–water partition coefficient (Wildman–Crippen LogP) is 2.60. The minimum Gasteiger partial charge on any atom is -0.373 e. The number of morpholine rings is 1. The molecule has 8 nitrogen and oxygen atoms in total. The summed E-state index contributed by atoms with van der Waals surface area (Å²) in [5.74, 6) is 0.373. The second-order valence-electron chi connectivity index (χ2n) is 8.43. The number of likely N-dealkylation sites (tertiary alicyclic amines) is 1. The number of piperidine rings is 1. The highest BCUT2D eigenvalue weighted by Crippen LogP contribution is 2.32. The first-order chi connectivity index (χ1) is 14.0. The molecule has 0 radical (unpaired) electrons. The van der Waals surface area contributed by atoms with E-state index in [0.717, 1.165) is 30.9 Å². The van der Waals surface area contributed by atoms with Crippen molar-refractivity contribution < 1.29 is 14.1 Å². The lowest BCUT2D eigenvalue weighted by Crippen LogP contribution is -2.52. The molecule has 2 saturated heterocycles. The van der Waals surface area contributed by atoms with Crippen LogP contribution in [0.3, 0.4) is 0 Å². The molecule has 4 rings (SSSR count). The molecule has 0 unspecified atom stereocenters. The molecule has 2 aromatic rings. The molecule has 4 heterocycles. The Morgan fingerprint density at radius 2 is 2.03 bits per heavy atom. The van der Waals surface area contributed by atoms with Gasteiger partial charge in [-0.15, -0.1) is 0 Å². The summed E-state index contributed by atoms with van der Waals surface area (Å²) < 4.78 is 13.4. The molecule has 2 aromatic heterocycles. The van der Waals surface area contributed by atoms with Crippen molar-refractivity contribution in [3.8, 4) is 0 Å². The molecule has 0 spiro atoms.